The van der Waals surface area contributed by atoms with Crippen LogP contribution in [0.1, 0.15) is 42.7 Å². The molecule has 94 valence electrons. The molecule has 16 heavy (non-hydrogen) atoms. The van der Waals surface area contributed by atoms with Gasteiger partial charge in [-0.25, -0.2) is 0 Å². The lowest BCUT2D eigenvalue weighted by Gasteiger charge is -2.17. The highest BCUT2D eigenvalue weighted by Gasteiger charge is 2.12. The zero-order chi connectivity index (χ0) is 10.9. The first kappa shape index (κ1) is 17.4. The smallest absolute Gasteiger partial charge is 0.186 e. The molecule has 1 aromatic carbocycles. The first-order valence-electron chi connectivity index (χ1n) is 4.81. The van der Waals surface area contributed by atoms with Crippen molar-refractivity contribution in [3.63, 3.8) is 0 Å². The largest absolute Gasteiger partial charge is 0.467 e. The Hall–Kier alpha value is -1.02. The van der Waals surface area contributed by atoms with Gasteiger partial charge in [0, 0.05) is 0 Å². The maximum atomic E-state index is 8.80. The van der Waals surface area contributed by atoms with Crippen LogP contribution in [-0.2, 0) is 0 Å². The van der Waals surface area contributed by atoms with E-state index in [-0.39, 0.29) is 21.6 Å². The summed E-state index contributed by atoms with van der Waals surface area (Å²) in [6.45, 7) is 10.1. The van der Waals surface area contributed by atoms with Crippen molar-refractivity contribution in [3.8, 4) is 5.75 Å². The van der Waals surface area contributed by atoms with Crippen LogP contribution in [0.15, 0.2) is 0 Å². The van der Waals surface area contributed by atoms with Gasteiger partial charge in [-0.05, 0) is 62.4 Å². The van der Waals surface area contributed by atoms with E-state index in [1.807, 2.05) is 13.8 Å². The van der Waals surface area contributed by atoms with E-state index in [4.69, 9.17) is 9.84 Å². The van der Waals surface area contributed by atoms with E-state index < -0.39 is 0 Å². The lowest BCUT2D eigenvalue weighted by atomic mass is 9.94. The highest BCUT2D eigenvalue weighted by atomic mass is 16.6. The quantitative estimate of drug-likeness (QED) is 0.777. The number of hydrogen-bond donors (Lipinski definition) is 1. The number of ether oxygens (including phenoxy) is 1. The minimum absolute atomic E-state index is 0. The van der Waals surface area contributed by atoms with Crippen LogP contribution in [0, 0.1) is 34.6 Å². The Morgan fingerprint density at radius 3 is 1.38 bits per heavy atom. The van der Waals surface area contributed by atoms with Gasteiger partial charge in [-0.1, -0.05) is 14.9 Å². The fourth-order valence-electron chi connectivity index (χ4n) is 1.75. The van der Waals surface area contributed by atoms with Crippen molar-refractivity contribution in [2.45, 2.75) is 49.5 Å². The summed E-state index contributed by atoms with van der Waals surface area (Å²) in [7, 11) is 0. The maximum absolute atomic E-state index is 8.80. The van der Waals surface area contributed by atoms with E-state index in [1.54, 1.807) is 0 Å². The number of aliphatic hydroxyl groups is 1. The van der Waals surface area contributed by atoms with Gasteiger partial charge < -0.3 is 9.84 Å². The predicted octanol–water partition coefficient (Wildman–Crippen LogP) is 3.83. The summed E-state index contributed by atoms with van der Waals surface area (Å²) in [5.41, 5.74) is 6.05. The second-order valence-corrected chi connectivity index (χ2v) is 3.73. The lowest BCUT2D eigenvalue weighted by Crippen LogP contribution is -2.04. The summed E-state index contributed by atoms with van der Waals surface area (Å²) in [4.78, 5) is 0. The van der Waals surface area contributed by atoms with Gasteiger partial charge >= 0.3 is 0 Å². The molecule has 2 heteroatoms. The lowest BCUT2D eigenvalue weighted by molar-refractivity contribution is 0.0970. The molecule has 0 saturated carbocycles. The van der Waals surface area contributed by atoms with Crippen molar-refractivity contribution in [2.24, 2.45) is 0 Å². The SMILES string of the molecule is C.C.Cc1c(C)c(C)c(OCO)c(C)c1C. The first-order valence-corrected chi connectivity index (χ1v) is 4.81. The van der Waals surface area contributed by atoms with Gasteiger partial charge in [0.2, 0.25) is 0 Å². The molecule has 1 aromatic rings. The van der Waals surface area contributed by atoms with Crippen LogP contribution in [0.4, 0.5) is 0 Å². The first-order chi connectivity index (χ1) is 6.50. The second kappa shape index (κ2) is 6.54. The Bertz CT molecular complexity index is 325. The normalized spacial score (nSPS) is 9.12. The molecule has 0 amide bonds. The van der Waals surface area contributed by atoms with Crippen molar-refractivity contribution >= 4 is 0 Å². The predicted molar refractivity (Wildman–Crippen MR) is 71.3 cm³/mol. The summed E-state index contributed by atoms with van der Waals surface area (Å²) in [6, 6.07) is 0. The van der Waals surface area contributed by atoms with Crippen LogP contribution < -0.4 is 4.74 Å². The van der Waals surface area contributed by atoms with Crippen LogP contribution in [0.3, 0.4) is 0 Å². The summed E-state index contributed by atoms with van der Waals surface area (Å²) >= 11 is 0. The molecule has 0 atom stereocenters. The Kier molecular flexibility index (Phi) is 7.10. The minimum atomic E-state index is -0.260. The molecule has 0 saturated heterocycles. The fourth-order valence-corrected chi connectivity index (χ4v) is 1.75. The fraction of sp³-hybridized carbons (Fsp3) is 0.571. The molecule has 0 aromatic heterocycles. The average Bonchev–Trinajstić information content (AvgIpc) is 2.19. The highest BCUT2D eigenvalue weighted by molar-refractivity contribution is 5.53. The Morgan fingerprint density at radius 2 is 1.06 bits per heavy atom. The zero-order valence-electron chi connectivity index (χ0n) is 9.56. The summed E-state index contributed by atoms with van der Waals surface area (Å²) in [5, 5.41) is 8.80. The van der Waals surface area contributed by atoms with E-state index >= 15 is 0 Å². The Labute approximate surface area is 100 Å². The van der Waals surface area contributed by atoms with Gasteiger partial charge in [0.15, 0.2) is 6.79 Å². The number of aliphatic hydroxyl groups excluding tert-OH is 1. The van der Waals surface area contributed by atoms with E-state index in [1.165, 1.54) is 16.7 Å². The molecule has 1 N–H and O–H groups in total. The molecule has 0 radical (unpaired) electrons. The number of hydrogen-bond acceptors (Lipinski definition) is 2. The molecule has 2 nitrogen and oxygen atoms in total. The van der Waals surface area contributed by atoms with Crippen LogP contribution in [0.5, 0.6) is 5.75 Å². The highest BCUT2D eigenvalue weighted by Crippen LogP contribution is 2.31. The molecular formula is C14H26O2. The number of rotatable bonds is 2. The summed E-state index contributed by atoms with van der Waals surface area (Å²) in [6.07, 6.45) is 0. The van der Waals surface area contributed by atoms with Crippen molar-refractivity contribution in [2.75, 3.05) is 6.79 Å². The third-order valence-corrected chi connectivity index (χ3v) is 3.14. The van der Waals surface area contributed by atoms with Gasteiger partial charge in [-0.2, -0.15) is 0 Å². The molecule has 0 heterocycles. The summed E-state index contributed by atoms with van der Waals surface area (Å²) in [5.74, 6) is 0.827. The van der Waals surface area contributed by atoms with Crippen molar-refractivity contribution < 1.29 is 9.84 Å². The van der Waals surface area contributed by atoms with Crippen molar-refractivity contribution in [1.29, 1.82) is 0 Å². The van der Waals surface area contributed by atoms with Crippen LogP contribution >= 0.6 is 0 Å². The Balaban J connectivity index is 0. The molecule has 0 aliphatic rings. The van der Waals surface area contributed by atoms with Gasteiger partial charge in [-0.3, -0.25) is 0 Å². The third kappa shape index (κ3) is 2.76. The third-order valence-electron chi connectivity index (χ3n) is 3.14. The topological polar surface area (TPSA) is 29.5 Å². The van der Waals surface area contributed by atoms with Crippen LogP contribution in [0.2, 0.25) is 0 Å². The van der Waals surface area contributed by atoms with Gasteiger partial charge in [0.05, 0.1) is 0 Å². The molecule has 0 spiro atoms. The van der Waals surface area contributed by atoms with Crippen molar-refractivity contribution in [3.05, 3.63) is 27.8 Å². The number of benzene rings is 1. The van der Waals surface area contributed by atoms with E-state index in [9.17, 15) is 0 Å². The maximum Gasteiger partial charge on any atom is 0.186 e. The van der Waals surface area contributed by atoms with Gasteiger partial charge in [0.1, 0.15) is 5.75 Å². The zero-order valence-corrected chi connectivity index (χ0v) is 9.56. The minimum Gasteiger partial charge on any atom is -0.467 e. The van der Waals surface area contributed by atoms with Gasteiger partial charge in [-0.15, -0.1) is 0 Å². The van der Waals surface area contributed by atoms with E-state index in [0.717, 1.165) is 16.9 Å². The second-order valence-electron chi connectivity index (χ2n) is 3.73. The van der Waals surface area contributed by atoms with E-state index in [2.05, 4.69) is 20.8 Å². The molecule has 0 aliphatic heterocycles. The molecule has 1 rings (SSSR count). The Morgan fingerprint density at radius 1 is 0.750 bits per heavy atom. The van der Waals surface area contributed by atoms with Crippen LogP contribution in [-0.4, -0.2) is 11.9 Å². The molecular weight excluding hydrogens is 200 g/mol. The van der Waals surface area contributed by atoms with Crippen LogP contribution in [0.25, 0.3) is 0 Å². The van der Waals surface area contributed by atoms with Crippen molar-refractivity contribution in [1.82, 2.24) is 0 Å². The standard InChI is InChI=1S/C12H18O2.2CH4/c1-7-8(2)10(4)12(14-6-13)11(5)9(7)3;;/h13H,6H2,1-5H3;2*1H4. The summed E-state index contributed by atoms with van der Waals surface area (Å²) < 4.78 is 5.24. The molecule has 0 fully saturated rings. The molecule has 0 aliphatic carbocycles. The van der Waals surface area contributed by atoms with Gasteiger partial charge in [0.25, 0.3) is 0 Å². The monoisotopic (exact) mass is 226 g/mol. The molecule has 0 unspecified atom stereocenters. The molecule has 0 bridgehead atoms. The van der Waals surface area contributed by atoms with E-state index in [0.29, 0.717) is 0 Å². The average molecular weight is 226 g/mol.